The van der Waals surface area contributed by atoms with Gasteiger partial charge in [0, 0.05) is 12.3 Å². The Morgan fingerprint density at radius 3 is 2.33 bits per heavy atom. The zero-order valence-electron chi connectivity index (χ0n) is 8.16. The second kappa shape index (κ2) is 3.70. The highest BCUT2D eigenvalue weighted by Gasteiger charge is 2.10. The monoisotopic (exact) mass is 168 g/mol. The third-order valence-corrected chi connectivity index (χ3v) is 1.58. The molecule has 1 aromatic rings. The van der Waals surface area contributed by atoms with Gasteiger partial charge in [-0.1, -0.05) is 32.9 Å². The van der Waals surface area contributed by atoms with Gasteiger partial charge in [-0.3, -0.25) is 0 Å². The minimum atomic E-state index is 0.356. The number of aromatic nitrogens is 2. The Balaban J connectivity index is 2.64. The predicted molar refractivity (Wildman–Crippen MR) is 46.9 cm³/mol. The van der Waals surface area contributed by atoms with Crippen LogP contribution in [-0.4, -0.2) is 10.1 Å². The first-order valence-corrected chi connectivity index (χ1v) is 4.42. The molecule has 1 aromatic heterocycles. The summed E-state index contributed by atoms with van der Waals surface area (Å²) in [5, 5.41) is 3.88. The van der Waals surface area contributed by atoms with Gasteiger partial charge >= 0.3 is 0 Å². The van der Waals surface area contributed by atoms with Crippen molar-refractivity contribution < 1.29 is 4.52 Å². The zero-order chi connectivity index (χ0) is 9.14. The van der Waals surface area contributed by atoms with Crippen molar-refractivity contribution in [2.45, 2.75) is 40.0 Å². The minimum absolute atomic E-state index is 0.356. The fraction of sp³-hybridized carbons (Fsp3) is 0.778. The Morgan fingerprint density at radius 1 is 1.25 bits per heavy atom. The molecule has 0 bridgehead atoms. The van der Waals surface area contributed by atoms with Gasteiger partial charge in [-0.15, -0.1) is 0 Å². The van der Waals surface area contributed by atoms with E-state index in [0.717, 1.165) is 18.1 Å². The summed E-state index contributed by atoms with van der Waals surface area (Å²) in [5.74, 6) is 2.50. The maximum Gasteiger partial charge on any atom is 0.226 e. The molecule has 1 rings (SSSR count). The van der Waals surface area contributed by atoms with E-state index in [4.69, 9.17) is 4.52 Å². The topological polar surface area (TPSA) is 38.9 Å². The SMILES string of the molecule is CC(C)Cc1nc(C(C)C)no1. The summed E-state index contributed by atoms with van der Waals surface area (Å²) >= 11 is 0. The maximum atomic E-state index is 5.08. The summed E-state index contributed by atoms with van der Waals surface area (Å²) in [4.78, 5) is 4.27. The first-order chi connectivity index (χ1) is 5.59. The van der Waals surface area contributed by atoms with E-state index in [1.807, 2.05) is 0 Å². The third-order valence-electron chi connectivity index (χ3n) is 1.58. The molecule has 0 radical (unpaired) electrons. The van der Waals surface area contributed by atoms with Crippen LogP contribution in [0.3, 0.4) is 0 Å². The van der Waals surface area contributed by atoms with Gasteiger partial charge in [0.05, 0.1) is 0 Å². The summed E-state index contributed by atoms with van der Waals surface area (Å²) in [5.41, 5.74) is 0. The molecule has 3 nitrogen and oxygen atoms in total. The van der Waals surface area contributed by atoms with Gasteiger partial charge in [-0.25, -0.2) is 0 Å². The molecule has 0 aliphatic rings. The molecule has 1 heterocycles. The molecule has 0 saturated heterocycles. The number of rotatable bonds is 3. The number of nitrogens with zero attached hydrogens (tertiary/aromatic N) is 2. The lowest BCUT2D eigenvalue weighted by molar-refractivity contribution is 0.357. The highest BCUT2D eigenvalue weighted by molar-refractivity contribution is 4.91. The Labute approximate surface area is 73.2 Å². The van der Waals surface area contributed by atoms with Crippen LogP contribution in [0.5, 0.6) is 0 Å². The molecule has 0 N–H and O–H groups in total. The Kier molecular flexibility index (Phi) is 2.84. The smallest absolute Gasteiger partial charge is 0.226 e. The van der Waals surface area contributed by atoms with Crippen LogP contribution in [0.25, 0.3) is 0 Å². The Morgan fingerprint density at radius 2 is 1.92 bits per heavy atom. The summed E-state index contributed by atoms with van der Waals surface area (Å²) < 4.78 is 5.08. The molecular formula is C9H16N2O. The van der Waals surface area contributed by atoms with Gasteiger partial charge in [-0.05, 0) is 5.92 Å². The van der Waals surface area contributed by atoms with Gasteiger partial charge in [0.2, 0.25) is 5.89 Å². The van der Waals surface area contributed by atoms with E-state index in [1.54, 1.807) is 0 Å². The lowest BCUT2D eigenvalue weighted by atomic mass is 10.1. The van der Waals surface area contributed by atoms with Gasteiger partial charge in [0.25, 0.3) is 0 Å². The summed E-state index contributed by atoms with van der Waals surface area (Å²) in [6.45, 7) is 8.40. The van der Waals surface area contributed by atoms with Gasteiger partial charge < -0.3 is 4.52 Å². The quantitative estimate of drug-likeness (QED) is 0.695. The van der Waals surface area contributed by atoms with Crippen molar-refractivity contribution in [3.05, 3.63) is 11.7 Å². The van der Waals surface area contributed by atoms with E-state index in [9.17, 15) is 0 Å². The number of hydrogen-bond acceptors (Lipinski definition) is 3. The van der Waals surface area contributed by atoms with Crippen LogP contribution < -0.4 is 0 Å². The fourth-order valence-corrected chi connectivity index (χ4v) is 0.935. The van der Waals surface area contributed by atoms with Crippen LogP contribution in [0.2, 0.25) is 0 Å². The maximum absolute atomic E-state index is 5.08. The van der Waals surface area contributed by atoms with Gasteiger partial charge in [0.1, 0.15) is 0 Å². The van der Waals surface area contributed by atoms with E-state index in [1.165, 1.54) is 0 Å². The normalized spacial score (nSPS) is 11.5. The van der Waals surface area contributed by atoms with E-state index >= 15 is 0 Å². The summed E-state index contributed by atoms with van der Waals surface area (Å²) in [7, 11) is 0. The van der Waals surface area contributed by atoms with Gasteiger partial charge in [0.15, 0.2) is 5.82 Å². The van der Waals surface area contributed by atoms with Crippen LogP contribution >= 0.6 is 0 Å². The van der Waals surface area contributed by atoms with Crippen LogP contribution in [0.4, 0.5) is 0 Å². The van der Waals surface area contributed by atoms with Crippen molar-refractivity contribution in [2.24, 2.45) is 5.92 Å². The lowest BCUT2D eigenvalue weighted by Crippen LogP contribution is -1.95. The van der Waals surface area contributed by atoms with Crippen molar-refractivity contribution in [3.63, 3.8) is 0 Å². The largest absolute Gasteiger partial charge is 0.339 e. The van der Waals surface area contributed by atoms with E-state index in [0.29, 0.717) is 11.8 Å². The van der Waals surface area contributed by atoms with Crippen LogP contribution in [0, 0.1) is 5.92 Å². The Bertz CT molecular complexity index is 240. The van der Waals surface area contributed by atoms with E-state index in [2.05, 4.69) is 37.8 Å². The van der Waals surface area contributed by atoms with Crippen LogP contribution in [0.15, 0.2) is 4.52 Å². The average Bonchev–Trinajstić information content (AvgIpc) is 2.34. The number of hydrogen-bond donors (Lipinski definition) is 0. The predicted octanol–water partition coefficient (Wildman–Crippen LogP) is 2.39. The fourth-order valence-electron chi connectivity index (χ4n) is 0.935. The van der Waals surface area contributed by atoms with Crippen molar-refractivity contribution in [2.75, 3.05) is 0 Å². The standard InChI is InChI=1S/C9H16N2O/c1-6(2)5-8-10-9(7(3)4)11-12-8/h6-7H,5H2,1-4H3. The Hall–Kier alpha value is -0.860. The lowest BCUT2D eigenvalue weighted by Gasteiger charge is -1.96. The summed E-state index contributed by atoms with van der Waals surface area (Å²) in [6, 6.07) is 0. The molecule has 0 aliphatic heterocycles. The second-order valence-corrected chi connectivity index (χ2v) is 3.80. The molecule has 0 spiro atoms. The molecule has 0 atom stereocenters. The molecular weight excluding hydrogens is 152 g/mol. The second-order valence-electron chi connectivity index (χ2n) is 3.80. The minimum Gasteiger partial charge on any atom is -0.339 e. The zero-order valence-corrected chi connectivity index (χ0v) is 8.16. The first-order valence-electron chi connectivity index (χ1n) is 4.42. The average molecular weight is 168 g/mol. The van der Waals surface area contributed by atoms with Crippen LogP contribution in [-0.2, 0) is 6.42 Å². The molecule has 0 fully saturated rings. The van der Waals surface area contributed by atoms with Crippen LogP contribution in [0.1, 0.15) is 45.3 Å². The van der Waals surface area contributed by atoms with Crippen molar-refractivity contribution in [3.8, 4) is 0 Å². The molecule has 3 heteroatoms. The molecule has 0 aliphatic carbocycles. The van der Waals surface area contributed by atoms with Gasteiger partial charge in [-0.2, -0.15) is 4.98 Å². The molecule has 0 amide bonds. The van der Waals surface area contributed by atoms with Crippen molar-refractivity contribution in [1.82, 2.24) is 10.1 Å². The van der Waals surface area contributed by atoms with E-state index < -0.39 is 0 Å². The molecule has 68 valence electrons. The molecule has 0 aromatic carbocycles. The summed E-state index contributed by atoms with van der Waals surface area (Å²) in [6.07, 6.45) is 0.875. The molecule has 0 saturated carbocycles. The van der Waals surface area contributed by atoms with E-state index in [-0.39, 0.29) is 0 Å². The highest BCUT2D eigenvalue weighted by Crippen LogP contribution is 2.11. The molecule has 12 heavy (non-hydrogen) atoms. The van der Waals surface area contributed by atoms with Crippen molar-refractivity contribution in [1.29, 1.82) is 0 Å². The molecule has 0 unspecified atom stereocenters. The first kappa shape index (κ1) is 9.23. The highest BCUT2D eigenvalue weighted by atomic mass is 16.5. The van der Waals surface area contributed by atoms with Crippen molar-refractivity contribution >= 4 is 0 Å². The third kappa shape index (κ3) is 2.32.